The monoisotopic (exact) mass is 466 g/mol. The Labute approximate surface area is 194 Å². The molecule has 33 heavy (non-hydrogen) atoms. The van der Waals surface area contributed by atoms with Gasteiger partial charge in [-0.1, -0.05) is 60.7 Å². The van der Waals surface area contributed by atoms with Crippen LogP contribution in [0.2, 0.25) is 0 Å². The average Bonchev–Trinajstić information content (AvgIpc) is 2.82. The topological polar surface area (TPSA) is 84.9 Å². The van der Waals surface area contributed by atoms with Gasteiger partial charge in [-0.2, -0.15) is 0 Å². The van der Waals surface area contributed by atoms with Crippen LogP contribution in [0.25, 0.3) is 0 Å². The molecule has 0 fully saturated rings. The Morgan fingerprint density at radius 1 is 0.879 bits per heavy atom. The van der Waals surface area contributed by atoms with Crippen molar-refractivity contribution in [1.29, 1.82) is 0 Å². The van der Waals surface area contributed by atoms with Gasteiger partial charge in [0.25, 0.3) is 0 Å². The molecule has 0 aromatic heterocycles. The third-order valence-electron chi connectivity index (χ3n) is 5.42. The molecule has 0 radical (unpaired) electrons. The van der Waals surface area contributed by atoms with Gasteiger partial charge in [-0.25, -0.2) is 8.42 Å². The molecule has 0 saturated carbocycles. The van der Waals surface area contributed by atoms with Crippen molar-refractivity contribution in [3.05, 3.63) is 90.0 Å². The molecule has 1 amide bonds. The molecule has 0 bridgehead atoms. The molecule has 1 atom stereocenters. The number of anilines is 1. The number of hydrogen-bond acceptors (Lipinski definition) is 5. The van der Waals surface area contributed by atoms with Crippen LogP contribution in [0.4, 0.5) is 5.69 Å². The lowest BCUT2D eigenvalue weighted by atomic mass is 9.98. The second-order valence-electron chi connectivity index (χ2n) is 7.83. The van der Waals surface area contributed by atoms with E-state index in [0.717, 1.165) is 21.7 Å². The van der Waals surface area contributed by atoms with Crippen molar-refractivity contribution < 1.29 is 22.7 Å². The van der Waals surface area contributed by atoms with Crippen molar-refractivity contribution in [1.82, 2.24) is 5.32 Å². The summed E-state index contributed by atoms with van der Waals surface area (Å²) in [7, 11) is -3.78. The van der Waals surface area contributed by atoms with E-state index >= 15 is 0 Å². The molecule has 1 N–H and O–H groups in total. The summed E-state index contributed by atoms with van der Waals surface area (Å²) in [5.41, 5.74) is 2.13. The van der Waals surface area contributed by atoms with E-state index in [9.17, 15) is 13.2 Å². The van der Waals surface area contributed by atoms with Crippen molar-refractivity contribution in [2.45, 2.75) is 19.0 Å². The van der Waals surface area contributed by atoms with E-state index in [-0.39, 0.29) is 0 Å². The molecule has 3 aromatic rings. The zero-order chi connectivity index (χ0) is 23.4. The summed E-state index contributed by atoms with van der Waals surface area (Å²) in [6.07, 6.45) is 1.08. The van der Waals surface area contributed by atoms with Crippen LogP contribution in [0.15, 0.2) is 78.9 Å². The summed E-state index contributed by atoms with van der Waals surface area (Å²) in [6.45, 7) is 2.38. The fraction of sp³-hybridized carbons (Fsp3) is 0.240. The van der Waals surface area contributed by atoms with E-state index in [2.05, 4.69) is 5.32 Å². The van der Waals surface area contributed by atoms with Gasteiger partial charge in [0.2, 0.25) is 15.9 Å². The molecule has 7 nitrogen and oxygen atoms in total. The highest BCUT2D eigenvalue weighted by Gasteiger charge is 2.31. The van der Waals surface area contributed by atoms with Gasteiger partial charge in [-0.3, -0.25) is 9.10 Å². The smallest absolute Gasteiger partial charge is 0.244 e. The van der Waals surface area contributed by atoms with Crippen LogP contribution >= 0.6 is 0 Å². The maximum atomic E-state index is 13.4. The summed E-state index contributed by atoms with van der Waals surface area (Å²) in [5, 5.41) is 3.03. The first-order chi connectivity index (χ1) is 15.8. The van der Waals surface area contributed by atoms with Crippen molar-refractivity contribution in [3.8, 4) is 11.5 Å². The predicted octanol–water partition coefficient (Wildman–Crippen LogP) is 3.52. The average molecular weight is 467 g/mol. The van der Waals surface area contributed by atoms with E-state index in [0.29, 0.717) is 30.4 Å². The molecule has 0 aliphatic carbocycles. The zero-order valence-corrected chi connectivity index (χ0v) is 19.3. The van der Waals surface area contributed by atoms with E-state index in [1.807, 2.05) is 60.7 Å². The quantitative estimate of drug-likeness (QED) is 0.576. The molecule has 1 heterocycles. The van der Waals surface area contributed by atoms with Crippen LogP contribution in [-0.2, 0) is 14.8 Å². The number of amides is 1. The number of rotatable bonds is 7. The standard InChI is InChI=1S/C25H26N2O5S/c1-18(27(33(2,29)30)21-13-14-22-23(17-21)32-16-15-31-22)25(28)26-24(19-9-5-3-6-10-19)20-11-7-4-8-12-20/h3-14,17-18,24H,15-16H2,1-2H3,(H,26,28)/t18-/m1/s1. The lowest BCUT2D eigenvalue weighted by Gasteiger charge is -2.31. The molecule has 3 aromatic carbocycles. The van der Waals surface area contributed by atoms with Gasteiger partial charge in [-0.15, -0.1) is 0 Å². The SMILES string of the molecule is C[C@H](C(=O)NC(c1ccccc1)c1ccccc1)N(c1ccc2c(c1)OCCO2)S(C)(=O)=O. The molecule has 0 unspecified atom stereocenters. The lowest BCUT2D eigenvalue weighted by Crippen LogP contribution is -2.48. The van der Waals surface area contributed by atoms with Crippen molar-refractivity contribution in [2.24, 2.45) is 0 Å². The lowest BCUT2D eigenvalue weighted by molar-refractivity contribution is -0.122. The van der Waals surface area contributed by atoms with Gasteiger partial charge in [0.15, 0.2) is 11.5 Å². The van der Waals surface area contributed by atoms with Gasteiger partial charge < -0.3 is 14.8 Å². The molecule has 0 saturated heterocycles. The number of carbonyl (C=O) groups is 1. The van der Waals surface area contributed by atoms with Gasteiger partial charge in [-0.05, 0) is 30.2 Å². The number of nitrogens with one attached hydrogen (secondary N) is 1. The number of carbonyl (C=O) groups excluding carboxylic acids is 1. The Balaban J connectivity index is 1.65. The molecular formula is C25H26N2O5S. The second kappa shape index (κ2) is 9.54. The fourth-order valence-electron chi connectivity index (χ4n) is 3.89. The minimum absolute atomic E-state index is 0.334. The van der Waals surface area contributed by atoms with E-state index in [1.165, 1.54) is 0 Å². The summed E-state index contributed by atoms with van der Waals surface area (Å²) < 4.78 is 37.7. The van der Waals surface area contributed by atoms with Gasteiger partial charge in [0.1, 0.15) is 19.3 Å². The summed E-state index contributed by atoms with van der Waals surface area (Å²) in [6, 6.07) is 22.6. The third-order valence-corrected chi connectivity index (χ3v) is 6.66. The summed E-state index contributed by atoms with van der Waals surface area (Å²) in [4.78, 5) is 13.4. The first-order valence-electron chi connectivity index (χ1n) is 10.6. The Morgan fingerprint density at radius 3 is 1.97 bits per heavy atom. The number of nitrogens with zero attached hydrogens (tertiary/aromatic N) is 1. The summed E-state index contributed by atoms with van der Waals surface area (Å²) in [5.74, 6) is 0.572. The largest absolute Gasteiger partial charge is 0.486 e. The van der Waals surface area contributed by atoms with Gasteiger partial charge in [0, 0.05) is 6.07 Å². The maximum absolute atomic E-state index is 13.4. The van der Waals surface area contributed by atoms with E-state index < -0.39 is 28.0 Å². The van der Waals surface area contributed by atoms with Gasteiger partial charge >= 0.3 is 0 Å². The maximum Gasteiger partial charge on any atom is 0.244 e. The van der Waals surface area contributed by atoms with Crippen LogP contribution < -0.4 is 19.1 Å². The van der Waals surface area contributed by atoms with E-state index in [1.54, 1.807) is 25.1 Å². The van der Waals surface area contributed by atoms with Crippen LogP contribution in [-0.4, -0.2) is 39.8 Å². The predicted molar refractivity (Wildman–Crippen MR) is 127 cm³/mol. The first kappa shape index (κ1) is 22.7. The third kappa shape index (κ3) is 5.12. The van der Waals surface area contributed by atoms with Gasteiger partial charge in [0.05, 0.1) is 18.0 Å². The molecule has 8 heteroatoms. The normalized spacial score (nSPS) is 13.9. The highest BCUT2D eigenvalue weighted by molar-refractivity contribution is 7.92. The Kier molecular flexibility index (Phi) is 6.55. The molecule has 4 rings (SSSR count). The Hall–Kier alpha value is -3.52. The molecule has 0 spiro atoms. The van der Waals surface area contributed by atoms with Crippen molar-refractivity contribution in [2.75, 3.05) is 23.8 Å². The number of benzene rings is 3. The highest BCUT2D eigenvalue weighted by Crippen LogP contribution is 2.35. The number of sulfonamides is 1. The van der Waals surface area contributed by atoms with Crippen LogP contribution in [0, 0.1) is 0 Å². The number of fused-ring (bicyclic) bond motifs is 1. The Morgan fingerprint density at radius 2 is 1.42 bits per heavy atom. The molecule has 1 aliphatic rings. The first-order valence-corrected chi connectivity index (χ1v) is 12.5. The summed E-state index contributed by atoms with van der Waals surface area (Å²) >= 11 is 0. The van der Waals surface area contributed by atoms with Crippen LogP contribution in [0.5, 0.6) is 11.5 Å². The van der Waals surface area contributed by atoms with Crippen molar-refractivity contribution >= 4 is 21.6 Å². The molecule has 1 aliphatic heterocycles. The van der Waals surface area contributed by atoms with Crippen LogP contribution in [0.1, 0.15) is 24.1 Å². The number of hydrogen-bond donors (Lipinski definition) is 1. The Bertz CT molecular complexity index is 1180. The second-order valence-corrected chi connectivity index (χ2v) is 9.69. The van der Waals surface area contributed by atoms with Crippen molar-refractivity contribution in [3.63, 3.8) is 0 Å². The minimum Gasteiger partial charge on any atom is -0.486 e. The highest BCUT2D eigenvalue weighted by atomic mass is 32.2. The number of ether oxygens (including phenoxy) is 2. The molecule has 172 valence electrons. The zero-order valence-electron chi connectivity index (χ0n) is 18.5. The molecular weight excluding hydrogens is 440 g/mol. The van der Waals surface area contributed by atoms with Crippen LogP contribution in [0.3, 0.4) is 0 Å². The van der Waals surface area contributed by atoms with E-state index in [4.69, 9.17) is 9.47 Å². The minimum atomic E-state index is -3.78. The fourth-order valence-corrected chi connectivity index (χ4v) is 5.06.